The van der Waals surface area contributed by atoms with E-state index in [2.05, 4.69) is 10.6 Å². The van der Waals surface area contributed by atoms with Gasteiger partial charge in [0.1, 0.15) is 11.5 Å². The van der Waals surface area contributed by atoms with Crippen LogP contribution in [0.25, 0.3) is 0 Å². The van der Waals surface area contributed by atoms with Crippen molar-refractivity contribution in [3.8, 4) is 11.5 Å². The largest absolute Gasteiger partial charge is 0.497 e. The van der Waals surface area contributed by atoms with Gasteiger partial charge < -0.3 is 24.8 Å². The summed E-state index contributed by atoms with van der Waals surface area (Å²) in [6.45, 7) is 3.06. The molecule has 7 heteroatoms. The van der Waals surface area contributed by atoms with E-state index in [1.807, 2.05) is 6.92 Å². The van der Waals surface area contributed by atoms with Gasteiger partial charge >= 0.3 is 0 Å². The van der Waals surface area contributed by atoms with E-state index in [-0.39, 0.29) is 17.9 Å². The fraction of sp³-hybridized carbons (Fsp3) is 0.391. The highest BCUT2D eigenvalue weighted by atomic mass is 16.5. The molecule has 0 radical (unpaired) electrons. The number of benzene rings is 2. The van der Waals surface area contributed by atoms with Gasteiger partial charge in [-0.15, -0.1) is 0 Å². The molecule has 2 aromatic carbocycles. The number of amides is 2. The molecule has 1 aliphatic rings. The van der Waals surface area contributed by atoms with E-state index in [9.17, 15) is 9.59 Å². The van der Waals surface area contributed by atoms with Gasteiger partial charge in [0.05, 0.1) is 24.5 Å². The molecule has 7 nitrogen and oxygen atoms in total. The lowest BCUT2D eigenvalue weighted by Crippen LogP contribution is -2.35. The summed E-state index contributed by atoms with van der Waals surface area (Å²) in [7, 11) is 1.57. The second-order valence-corrected chi connectivity index (χ2v) is 7.07. The van der Waals surface area contributed by atoms with Crippen molar-refractivity contribution in [2.24, 2.45) is 0 Å². The summed E-state index contributed by atoms with van der Waals surface area (Å²) in [6, 6.07) is 14.0. The van der Waals surface area contributed by atoms with E-state index in [4.69, 9.17) is 14.2 Å². The van der Waals surface area contributed by atoms with Crippen molar-refractivity contribution in [2.75, 3.05) is 25.6 Å². The van der Waals surface area contributed by atoms with Crippen LogP contribution in [0.2, 0.25) is 0 Å². The molecule has 0 aliphatic carbocycles. The minimum absolute atomic E-state index is 0.0523. The molecule has 1 fully saturated rings. The minimum Gasteiger partial charge on any atom is -0.497 e. The van der Waals surface area contributed by atoms with Crippen LogP contribution in [-0.2, 0) is 9.53 Å². The predicted molar refractivity (Wildman–Crippen MR) is 114 cm³/mol. The molecular weight excluding hydrogens is 384 g/mol. The molecular formula is C23H28N2O5. The van der Waals surface area contributed by atoms with Crippen LogP contribution in [0.4, 0.5) is 5.69 Å². The molecule has 30 heavy (non-hydrogen) atoms. The van der Waals surface area contributed by atoms with Gasteiger partial charge in [-0.05, 0) is 43.5 Å². The second-order valence-electron chi connectivity index (χ2n) is 7.07. The summed E-state index contributed by atoms with van der Waals surface area (Å²) >= 11 is 0. The highest BCUT2D eigenvalue weighted by Crippen LogP contribution is 2.22. The number of hydrogen-bond donors (Lipinski definition) is 2. The van der Waals surface area contributed by atoms with Crippen LogP contribution in [0.15, 0.2) is 48.5 Å². The van der Waals surface area contributed by atoms with Crippen molar-refractivity contribution < 1.29 is 23.8 Å². The Kier molecular flexibility index (Phi) is 7.68. The molecule has 2 amide bonds. The number of hydrogen-bond acceptors (Lipinski definition) is 5. The Morgan fingerprint density at radius 3 is 2.70 bits per heavy atom. The van der Waals surface area contributed by atoms with Crippen molar-refractivity contribution in [1.82, 2.24) is 5.32 Å². The molecule has 1 saturated heterocycles. The van der Waals surface area contributed by atoms with Crippen molar-refractivity contribution in [1.29, 1.82) is 0 Å². The molecule has 1 aliphatic heterocycles. The molecule has 2 aromatic rings. The molecule has 3 rings (SSSR count). The van der Waals surface area contributed by atoms with Crippen LogP contribution in [-0.4, -0.2) is 44.3 Å². The second kappa shape index (κ2) is 10.6. The maximum atomic E-state index is 12.8. The van der Waals surface area contributed by atoms with Crippen LogP contribution in [0.1, 0.15) is 36.5 Å². The highest BCUT2D eigenvalue weighted by Gasteiger charge is 2.22. The minimum atomic E-state index is -0.708. The molecule has 1 heterocycles. The van der Waals surface area contributed by atoms with Crippen LogP contribution < -0.4 is 20.1 Å². The van der Waals surface area contributed by atoms with E-state index in [1.165, 1.54) is 0 Å². The number of para-hydroxylation sites is 1. The standard InChI is InChI=1S/C23H28N2O5/c1-3-21(30-17-9-6-8-16(14-17)28-2)23(27)25-20-12-5-4-11-19(20)22(26)24-15-18-10-7-13-29-18/h4-6,8-9,11-12,14,18,21H,3,7,10,13,15H2,1-2H3,(H,24,26)(H,25,27)/t18-,21+/m1/s1. The van der Waals surface area contributed by atoms with Crippen LogP contribution >= 0.6 is 0 Å². The lowest BCUT2D eigenvalue weighted by molar-refractivity contribution is -0.122. The first kappa shape index (κ1) is 21.6. The SMILES string of the molecule is CC[C@H](Oc1cccc(OC)c1)C(=O)Nc1ccccc1C(=O)NC[C@H]1CCCO1. The zero-order valence-corrected chi connectivity index (χ0v) is 17.4. The van der Waals surface area contributed by atoms with E-state index < -0.39 is 6.10 Å². The molecule has 0 aromatic heterocycles. The monoisotopic (exact) mass is 412 g/mol. The molecule has 160 valence electrons. The summed E-state index contributed by atoms with van der Waals surface area (Å²) in [5.74, 6) is 0.623. The fourth-order valence-corrected chi connectivity index (χ4v) is 3.27. The van der Waals surface area contributed by atoms with Gasteiger partial charge in [-0.25, -0.2) is 0 Å². The summed E-state index contributed by atoms with van der Waals surface area (Å²) in [6.07, 6.45) is 1.77. The third-order valence-corrected chi connectivity index (χ3v) is 4.93. The highest BCUT2D eigenvalue weighted by molar-refractivity contribution is 6.04. The topological polar surface area (TPSA) is 85.9 Å². The first-order valence-electron chi connectivity index (χ1n) is 10.2. The van der Waals surface area contributed by atoms with Gasteiger partial charge in [0.25, 0.3) is 11.8 Å². The molecule has 2 atom stereocenters. The smallest absolute Gasteiger partial charge is 0.265 e. The number of anilines is 1. The van der Waals surface area contributed by atoms with Crippen LogP contribution in [0, 0.1) is 0 Å². The van der Waals surface area contributed by atoms with E-state index in [1.54, 1.807) is 55.6 Å². The van der Waals surface area contributed by atoms with Crippen LogP contribution in [0.5, 0.6) is 11.5 Å². The first-order chi connectivity index (χ1) is 14.6. The maximum Gasteiger partial charge on any atom is 0.265 e. The Balaban J connectivity index is 1.65. The predicted octanol–water partition coefficient (Wildman–Crippen LogP) is 3.40. The van der Waals surface area contributed by atoms with Crippen molar-refractivity contribution in [2.45, 2.75) is 38.4 Å². The quantitative estimate of drug-likeness (QED) is 0.659. The maximum absolute atomic E-state index is 12.8. The number of methoxy groups -OCH3 is 1. The van der Waals surface area contributed by atoms with Gasteiger partial charge in [-0.2, -0.15) is 0 Å². The van der Waals surface area contributed by atoms with E-state index >= 15 is 0 Å². The van der Waals surface area contributed by atoms with E-state index in [0.29, 0.717) is 35.7 Å². The van der Waals surface area contributed by atoms with Gasteiger partial charge in [0, 0.05) is 19.2 Å². The Hall–Kier alpha value is -3.06. The molecule has 0 saturated carbocycles. The lowest BCUT2D eigenvalue weighted by atomic mass is 10.1. The Bertz CT molecular complexity index is 864. The summed E-state index contributed by atoms with van der Waals surface area (Å²) < 4.78 is 16.6. The number of ether oxygens (including phenoxy) is 3. The van der Waals surface area contributed by atoms with Crippen molar-refractivity contribution >= 4 is 17.5 Å². The van der Waals surface area contributed by atoms with E-state index in [0.717, 1.165) is 19.4 Å². The average Bonchev–Trinajstić information content (AvgIpc) is 3.30. The fourth-order valence-electron chi connectivity index (χ4n) is 3.27. The number of rotatable bonds is 9. The third-order valence-electron chi connectivity index (χ3n) is 4.93. The number of nitrogens with one attached hydrogen (secondary N) is 2. The van der Waals surface area contributed by atoms with Gasteiger partial charge in [0.2, 0.25) is 0 Å². The number of carbonyl (C=O) groups excluding carboxylic acids is 2. The molecule has 2 N–H and O–H groups in total. The summed E-state index contributed by atoms with van der Waals surface area (Å²) in [4.78, 5) is 25.5. The normalized spacial score (nSPS) is 16.5. The molecule has 0 unspecified atom stereocenters. The van der Waals surface area contributed by atoms with Gasteiger partial charge in [-0.1, -0.05) is 25.1 Å². The first-order valence-corrected chi connectivity index (χ1v) is 10.2. The average molecular weight is 412 g/mol. The summed E-state index contributed by atoms with van der Waals surface area (Å²) in [5.41, 5.74) is 0.847. The lowest BCUT2D eigenvalue weighted by Gasteiger charge is -2.19. The van der Waals surface area contributed by atoms with Crippen molar-refractivity contribution in [3.05, 3.63) is 54.1 Å². The van der Waals surface area contributed by atoms with Gasteiger partial charge in [0.15, 0.2) is 6.10 Å². The molecule has 0 bridgehead atoms. The molecule has 0 spiro atoms. The van der Waals surface area contributed by atoms with Crippen molar-refractivity contribution in [3.63, 3.8) is 0 Å². The Labute approximate surface area is 176 Å². The summed E-state index contributed by atoms with van der Waals surface area (Å²) in [5, 5.41) is 5.72. The van der Waals surface area contributed by atoms with Gasteiger partial charge in [-0.3, -0.25) is 9.59 Å². The van der Waals surface area contributed by atoms with Crippen LogP contribution in [0.3, 0.4) is 0 Å². The zero-order valence-electron chi connectivity index (χ0n) is 17.4. The number of carbonyl (C=O) groups is 2. The zero-order chi connectivity index (χ0) is 21.3. The third kappa shape index (κ3) is 5.73. The Morgan fingerprint density at radius 2 is 1.97 bits per heavy atom. The Morgan fingerprint density at radius 1 is 1.17 bits per heavy atom.